The van der Waals surface area contributed by atoms with Crippen LogP contribution in [0.3, 0.4) is 0 Å². The van der Waals surface area contributed by atoms with Crippen molar-refractivity contribution in [3.8, 4) is 17.0 Å². The van der Waals surface area contributed by atoms with Crippen LogP contribution in [-0.4, -0.2) is 28.2 Å². The normalized spacial score (nSPS) is 11.6. The van der Waals surface area contributed by atoms with Crippen LogP contribution in [0.25, 0.3) is 28.1 Å². The van der Waals surface area contributed by atoms with Gasteiger partial charge in [-0.3, -0.25) is 23.3 Å². The number of hydrogen-bond donors (Lipinski definition) is 1. The van der Waals surface area contributed by atoms with E-state index >= 15 is 0 Å². The molecule has 0 radical (unpaired) electrons. The Bertz CT molecular complexity index is 1460. The fourth-order valence-corrected chi connectivity index (χ4v) is 3.98. The van der Waals surface area contributed by atoms with Crippen LogP contribution < -0.4 is 16.8 Å². The minimum absolute atomic E-state index is 0.0817. The molecule has 3 aromatic heterocycles. The zero-order valence-corrected chi connectivity index (χ0v) is 17.8. The van der Waals surface area contributed by atoms with Crippen LogP contribution in [-0.2, 0) is 19.6 Å². The molecule has 3 heterocycles. The Balaban J connectivity index is 2.29. The zero-order valence-electron chi connectivity index (χ0n) is 17.8. The van der Waals surface area contributed by atoms with E-state index in [2.05, 4.69) is 4.98 Å². The third-order valence-electron chi connectivity index (χ3n) is 5.57. The monoisotopic (exact) mass is 423 g/mol. The topological polar surface area (TPSA) is 104 Å². The largest absolute Gasteiger partial charge is 0.494 e. The van der Waals surface area contributed by atoms with Crippen molar-refractivity contribution in [2.24, 2.45) is 0 Å². The maximum absolute atomic E-state index is 13.4. The summed E-state index contributed by atoms with van der Waals surface area (Å²) in [5.74, 6) is -0.208. The first-order chi connectivity index (χ1) is 15.0. The maximum Gasteiger partial charge on any atom is 0.332 e. The van der Waals surface area contributed by atoms with Crippen LogP contribution in [0.1, 0.15) is 33.6 Å². The molecular weight excluding hydrogens is 398 g/mol. The summed E-state index contributed by atoms with van der Waals surface area (Å²) in [4.78, 5) is 43.9. The number of benzene rings is 1. The molecule has 1 N–H and O–H groups in total. The molecule has 0 fully saturated rings. The third kappa shape index (κ3) is 2.99. The van der Waals surface area contributed by atoms with E-state index in [0.29, 0.717) is 18.7 Å². The second-order valence-electron chi connectivity index (χ2n) is 7.37. The first kappa shape index (κ1) is 20.6. The smallest absolute Gasteiger partial charge is 0.332 e. The van der Waals surface area contributed by atoms with Crippen molar-refractivity contribution < 1.29 is 5.11 Å². The molecule has 0 saturated heterocycles. The van der Waals surface area contributed by atoms with Gasteiger partial charge in [0, 0.05) is 19.6 Å². The number of aryl methyl sites for hydroxylation is 2. The fourth-order valence-electron chi connectivity index (χ4n) is 3.98. The van der Waals surface area contributed by atoms with Crippen molar-refractivity contribution >= 4 is 16.9 Å². The molecule has 0 amide bonds. The fraction of sp³-hybridized carbons (Fsp3) is 0.364. The lowest BCUT2D eigenvalue weighted by Crippen LogP contribution is -2.39. The van der Waals surface area contributed by atoms with Crippen molar-refractivity contribution in [1.82, 2.24) is 23.1 Å². The number of aromatic hydroxyl groups is 1. The first-order valence-electron chi connectivity index (χ1n) is 10.5. The van der Waals surface area contributed by atoms with Crippen molar-refractivity contribution in [2.45, 2.75) is 53.2 Å². The molecule has 1 aromatic carbocycles. The second-order valence-corrected chi connectivity index (χ2v) is 7.37. The van der Waals surface area contributed by atoms with E-state index in [1.54, 1.807) is 38.1 Å². The number of aromatic nitrogens is 5. The summed E-state index contributed by atoms with van der Waals surface area (Å²) in [6, 6.07) is 8.84. The number of fused-ring (bicyclic) bond motifs is 3. The predicted octanol–water partition coefficient (Wildman–Crippen LogP) is 2.19. The van der Waals surface area contributed by atoms with Crippen molar-refractivity contribution in [1.29, 1.82) is 0 Å². The first-order valence-corrected chi connectivity index (χ1v) is 10.5. The van der Waals surface area contributed by atoms with E-state index in [4.69, 9.17) is 0 Å². The number of hydrogen-bond acceptors (Lipinski definition) is 5. The Labute approximate surface area is 177 Å². The Morgan fingerprint density at radius 3 is 2.19 bits per heavy atom. The number of unbranched alkanes of at least 4 members (excludes halogenated alkanes) is 1. The molecule has 0 aliphatic rings. The van der Waals surface area contributed by atoms with Crippen LogP contribution in [0.4, 0.5) is 0 Å². The Morgan fingerprint density at radius 2 is 1.58 bits per heavy atom. The zero-order chi connectivity index (χ0) is 22.3. The quantitative estimate of drug-likeness (QED) is 0.512. The molecule has 0 aliphatic carbocycles. The number of rotatable bonds is 6. The van der Waals surface area contributed by atoms with Gasteiger partial charge in [-0.05, 0) is 25.8 Å². The minimum Gasteiger partial charge on any atom is -0.494 e. The van der Waals surface area contributed by atoms with Gasteiger partial charge in [0.1, 0.15) is 5.56 Å². The lowest BCUT2D eigenvalue weighted by molar-refractivity contribution is 0.443. The standard InChI is InChI=1S/C22H25N5O4/c1-4-7-13-26-18(28)15(14-11-9-8-10-12-14)19(29)27-16-17(23-21(26)27)24(5-2)22(31)25(6-3)20(16)30/h8-12,29H,4-7,13H2,1-3H3. The molecule has 0 saturated carbocycles. The second kappa shape index (κ2) is 7.90. The van der Waals surface area contributed by atoms with E-state index in [9.17, 15) is 19.5 Å². The van der Waals surface area contributed by atoms with Gasteiger partial charge in [0.25, 0.3) is 11.1 Å². The molecular formula is C22H25N5O4. The molecule has 0 bridgehead atoms. The van der Waals surface area contributed by atoms with Crippen LogP contribution in [0, 0.1) is 0 Å². The molecule has 0 aliphatic heterocycles. The van der Waals surface area contributed by atoms with Gasteiger partial charge < -0.3 is 5.11 Å². The van der Waals surface area contributed by atoms with E-state index < -0.39 is 11.2 Å². The summed E-state index contributed by atoms with van der Waals surface area (Å²) in [7, 11) is 0. The summed E-state index contributed by atoms with van der Waals surface area (Å²) in [5.41, 5.74) is -0.517. The van der Waals surface area contributed by atoms with Crippen molar-refractivity contribution in [3.05, 3.63) is 61.5 Å². The molecule has 4 rings (SSSR count). The molecule has 0 unspecified atom stereocenters. The van der Waals surface area contributed by atoms with Gasteiger partial charge in [0.05, 0.1) is 0 Å². The Kier molecular flexibility index (Phi) is 5.26. The van der Waals surface area contributed by atoms with E-state index in [1.165, 1.54) is 13.5 Å². The highest BCUT2D eigenvalue weighted by atomic mass is 16.3. The minimum atomic E-state index is -0.547. The highest BCUT2D eigenvalue weighted by Crippen LogP contribution is 2.28. The van der Waals surface area contributed by atoms with Gasteiger partial charge in [-0.15, -0.1) is 0 Å². The molecule has 0 atom stereocenters. The molecule has 0 spiro atoms. The van der Waals surface area contributed by atoms with Gasteiger partial charge in [-0.25, -0.2) is 9.20 Å². The van der Waals surface area contributed by atoms with Gasteiger partial charge >= 0.3 is 5.69 Å². The molecule has 9 heteroatoms. The Morgan fingerprint density at radius 1 is 0.903 bits per heavy atom. The van der Waals surface area contributed by atoms with Crippen molar-refractivity contribution in [3.63, 3.8) is 0 Å². The summed E-state index contributed by atoms with van der Waals surface area (Å²) >= 11 is 0. The summed E-state index contributed by atoms with van der Waals surface area (Å²) in [6.45, 7) is 6.37. The summed E-state index contributed by atoms with van der Waals surface area (Å²) < 4.78 is 5.30. The lowest BCUT2D eigenvalue weighted by atomic mass is 10.1. The molecule has 4 aromatic rings. The average molecular weight is 423 g/mol. The van der Waals surface area contributed by atoms with Gasteiger partial charge in [-0.2, -0.15) is 4.98 Å². The third-order valence-corrected chi connectivity index (χ3v) is 5.57. The van der Waals surface area contributed by atoms with Gasteiger partial charge in [0.2, 0.25) is 11.7 Å². The van der Waals surface area contributed by atoms with E-state index in [1.807, 2.05) is 13.0 Å². The van der Waals surface area contributed by atoms with Crippen LogP contribution in [0.5, 0.6) is 5.88 Å². The lowest BCUT2D eigenvalue weighted by Gasteiger charge is -2.13. The number of imidazole rings is 1. The highest BCUT2D eigenvalue weighted by Gasteiger charge is 2.25. The summed E-state index contributed by atoms with van der Waals surface area (Å²) in [6.07, 6.45) is 1.57. The van der Waals surface area contributed by atoms with Crippen LogP contribution >= 0.6 is 0 Å². The average Bonchev–Trinajstić information content (AvgIpc) is 3.16. The predicted molar refractivity (Wildman–Crippen MR) is 119 cm³/mol. The maximum atomic E-state index is 13.4. The number of nitrogens with zero attached hydrogens (tertiary/aromatic N) is 5. The SMILES string of the molecule is CCCCn1c(=O)c(-c2ccccc2)c(O)n2c3c(=O)n(CC)c(=O)n(CC)c3nc12. The van der Waals surface area contributed by atoms with Crippen LogP contribution in [0.15, 0.2) is 44.7 Å². The highest BCUT2D eigenvalue weighted by molar-refractivity contribution is 5.79. The molecule has 9 nitrogen and oxygen atoms in total. The summed E-state index contributed by atoms with van der Waals surface area (Å²) in [5, 5.41) is 11.2. The van der Waals surface area contributed by atoms with E-state index in [0.717, 1.165) is 17.4 Å². The van der Waals surface area contributed by atoms with Crippen molar-refractivity contribution in [2.75, 3.05) is 0 Å². The van der Waals surface area contributed by atoms with Crippen LogP contribution in [0.2, 0.25) is 0 Å². The molecule has 31 heavy (non-hydrogen) atoms. The van der Waals surface area contributed by atoms with E-state index in [-0.39, 0.29) is 40.5 Å². The Hall–Kier alpha value is -3.62. The van der Waals surface area contributed by atoms with Gasteiger partial charge in [0.15, 0.2) is 11.2 Å². The van der Waals surface area contributed by atoms with Gasteiger partial charge in [-0.1, -0.05) is 43.7 Å². The molecule has 162 valence electrons.